The summed E-state index contributed by atoms with van der Waals surface area (Å²) >= 11 is 0. The molecule has 2 unspecified atom stereocenters. The van der Waals surface area contributed by atoms with Gasteiger partial charge >= 0.3 is 0 Å². The minimum absolute atomic E-state index is 0.167. The van der Waals surface area contributed by atoms with E-state index in [0.717, 1.165) is 64.7 Å². The van der Waals surface area contributed by atoms with Crippen LogP contribution >= 0.6 is 0 Å². The van der Waals surface area contributed by atoms with E-state index in [2.05, 4.69) is 17.1 Å². The standard InChI is InChI=1S/C15H28N2O2/c1-2-15(7-4-8-16-12-15)14(19)17-9-3-5-13(11-17)6-10-18/h13,16,18H,2-12H2,1H3. The molecule has 0 bridgehead atoms. The topological polar surface area (TPSA) is 52.6 Å². The quantitative estimate of drug-likeness (QED) is 0.810. The minimum Gasteiger partial charge on any atom is -0.396 e. The summed E-state index contributed by atoms with van der Waals surface area (Å²) < 4.78 is 0. The van der Waals surface area contributed by atoms with Crippen LogP contribution in [-0.4, -0.2) is 48.7 Å². The molecule has 0 saturated carbocycles. The van der Waals surface area contributed by atoms with Crippen LogP contribution < -0.4 is 5.32 Å². The maximum Gasteiger partial charge on any atom is 0.230 e. The van der Waals surface area contributed by atoms with Crippen molar-refractivity contribution in [2.75, 3.05) is 32.8 Å². The summed E-state index contributed by atoms with van der Waals surface area (Å²) in [5.41, 5.74) is -0.167. The average molecular weight is 268 g/mol. The number of aliphatic hydroxyl groups is 1. The molecule has 2 aliphatic heterocycles. The Morgan fingerprint density at radius 1 is 1.47 bits per heavy atom. The molecule has 2 fully saturated rings. The van der Waals surface area contributed by atoms with E-state index in [1.165, 1.54) is 0 Å². The second kappa shape index (κ2) is 6.71. The highest BCUT2D eigenvalue weighted by Gasteiger charge is 2.41. The van der Waals surface area contributed by atoms with Gasteiger partial charge in [0.2, 0.25) is 5.91 Å². The molecule has 110 valence electrons. The van der Waals surface area contributed by atoms with Gasteiger partial charge in [-0.1, -0.05) is 6.92 Å². The summed E-state index contributed by atoms with van der Waals surface area (Å²) in [4.78, 5) is 14.9. The van der Waals surface area contributed by atoms with E-state index in [1.54, 1.807) is 0 Å². The smallest absolute Gasteiger partial charge is 0.230 e. The van der Waals surface area contributed by atoms with Gasteiger partial charge in [0.15, 0.2) is 0 Å². The van der Waals surface area contributed by atoms with Crippen molar-refractivity contribution in [3.8, 4) is 0 Å². The summed E-state index contributed by atoms with van der Waals surface area (Å²) in [6.45, 7) is 6.02. The lowest BCUT2D eigenvalue weighted by Gasteiger charge is -2.42. The van der Waals surface area contributed by atoms with Gasteiger partial charge in [0.25, 0.3) is 0 Å². The van der Waals surface area contributed by atoms with Crippen molar-refractivity contribution in [3.63, 3.8) is 0 Å². The van der Waals surface area contributed by atoms with Crippen molar-refractivity contribution >= 4 is 5.91 Å². The monoisotopic (exact) mass is 268 g/mol. The summed E-state index contributed by atoms with van der Waals surface area (Å²) in [6.07, 6.45) is 6.14. The number of nitrogens with zero attached hydrogens (tertiary/aromatic N) is 1. The number of rotatable bonds is 4. The number of amides is 1. The van der Waals surface area contributed by atoms with Crippen LogP contribution in [0.3, 0.4) is 0 Å². The molecule has 2 aliphatic rings. The van der Waals surface area contributed by atoms with Crippen LogP contribution in [0.15, 0.2) is 0 Å². The maximum absolute atomic E-state index is 12.9. The summed E-state index contributed by atoms with van der Waals surface area (Å²) in [5.74, 6) is 0.845. The van der Waals surface area contributed by atoms with Crippen molar-refractivity contribution in [1.82, 2.24) is 10.2 Å². The molecular formula is C15H28N2O2. The van der Waals surface area contributed by atoms with Crippen LogP contribution in [0.2, 0.25) is 0 Å². The van der Waals surface area contributed by atoms with E-state index in [9.17, 15) is 4.79 Å². The van der Waals surface area contributed by atoms with Crippen molar-refractivity contribution in [2.45, 2.75) is 45.4 Å². The SMILES string of the molecule is CCC1(C(=O)N2CCCC(CCO)C2)CCCNC1. The number of nitrogens with one attached hydrogen (secondary N) is 1. The Balaban J connectivity index is 2.00. The first kappa shape index (κ1) is 14.8. The Morgan fingerprint density at radius 2 is 2.32 bits per heavy atom. The number of hydrogen-bond donors (Lipinski definition) is 2. The summed E-state index contributed by atoms with van der Waals surface area (Å²) in [5, 5.41) is 12.5. The molecule has 2 saturated heterocycles. The number of piperidine rings is 2. The van der Waals surface area contributed by atoms with Crippen molar-refractivity contribution in [2.24, 2.45) is 11.3 Å². The first-order valence-electron chi connectivity index (χ1n) is 7.83. The predicted molar refractivity (Wildman–Crippen MR) is 75.8 cm³/mol. The molecule has 2 atom stereocenters. The zero-order chi connectivity index (χ0) is 13.7. The second-order valence-electron chi connectivity index (χ2n) is 6.19. The van der Waals surface area contributed by atoms with Gasteiger partial charge < -0.3 is 15.3 Å². The molecule has 0 aromatic carbocycles. The van der Waals surface area contributed by atoms with Gasteiger partial charge in [-0.25, -0.2) is 0 Å². The van der Waals surface area contributed by atoms with E-state index >= 15 is 0 Å². The first-order valence-corrected chi connectivity index (χ1v) is 7.83. The first-order chi connectivity index (χ1) is 9.22. The minimum atomic E-state index is -0.167. The fourth-order valence-electron chi connectivity index (χ4n) is 3.61. The van der Waals surface area contributed by atoms with E-state index in [1.807, 2.05) is 0 Å². The lowest BCUT2D eigenvalue weighted by Crippen LogP contribution is -2.53. The summed E-state index contributed by atoms with van der Waals surface area (Å²) in [7, 11) is 0. The van der Waals surface area contributed by atoms with Crippen LogP contribution in [0.25, 0.3) is 0 Å². The lowest BCUT2D eigenvalue weighted by molar-refractivity contribution is -0.145. The van der Waals surface area contributed by atoms with Crippen LogP contribution in [-0.2, 0) is 4.79 Å². The molecule has 19 heavy (non-hydrogen) atoms. The molecule has 0 radical (unpaired) electrons. The highest BCUT2D eigenvalue weighted by molar-refractivity contribution is 5.83. The number of carbonyl (C=O) groups is 1. The van der Waals surface area contributed by atoms with Crippen LogP contribution in [0.4, 0.5) is 0 Å². The van der Waals surface area contributed by atoms with Gasteiger partial charge in [0.1, 0.15) is 0 Å². The predicted octanol–water partition coefficient (Wildman–Crippen LogP) is 1.39. The van der Waals surface area contributed by atoms with Crippen LogP contribution in [0.1, 0.15) is 45.4 Å². The maximum atomic E-state index is 12.9. The Morgan fingerprint density at radius 3 is 2.95 bits per heavy atom. The van der Waals surface area contributed by atoms with Crippen molar-refractivity contribution in [1.29, 1.82) is 0 Å². The van der Waals surface area contributed by atoms with E-state index < -0.39 is 0 Å². The third-order valence-corrected chi connectivity index (χ3v) is 4.95. The Kier molecular flexibility index (Phi) is 5.22. The van der Waals surface area contributed by atoms with Gasteiger partial charge in [-0.05, 0) is 51.0 Å². The molecule has 1 amide bonds. The second-order valence-corrected chi connectivity index (χ2v) is 6.19. The number of hydrogen-bond acceptors (Lipinski definition) is 3. The van der Waals surface area contributed by atoms with E-state index in [-0.39, 0.29) is 12.0 Å². The van der Waals surface area contributed by atoms with Gasteiger partial charge in [0.05, 0.1) is 5.41 Å². The Bertz CT molecular complexity index is 299. The highest BCUT2D eigenvalue weighted by atomic mass is 16.3. The van der Waals surface area contributed by atoms with Crippen LogP contribution in [0.5, 0.6) is 0 Å². The van der Waals surface area contributed by atoms with E-state index in [4.69, 9.17) is 5.11 Å². The van der Waals surface area contributed by atoms with Crippen LogP contribution in [0, 0.1) is 11.3 Å². The van der Waals surface area contributed by atoms with Crippen molar-refractivity contribution in [3.05, 3.63) is 0 Å². The number of likely N-dealkylation sites (tertiary alicyclic amines) is 1. The number of carbonyl (C=O) groups excluding carboxylic acids is 1. The van der Waals surface area contributed by atoms with E-state index in [0.29, 0.717) is 11.8 Å². The van der Waals surface area contributed by atoms with Gasteiger partial charge in [0, 0.05) is 26.2 Å². The molecule has 0 aliphatic carbocycles. The molecule has 2 rings (SSSR count). The van der Waals surface area contributed by atoms with Gasteiger partial charge in [-0.3, -0.25) is 4.79 Å². The molecule has 2 heterocycles. The molecule has 0 spiro atoms. The third-order valence-electron chi connectivity index (χ3n) is 4.95. The molecule has 4 nitrogen and oxygen atoms in total. The van der Waals surface area contributed by atoms with Crippen molar-refractivity contribution < 1.29 is 9.90 Å². The molecule has 0 aromatic heterocycles. The fourth-order valence-corrected chi connectivity index (χ4v) is 3.61. The zero-order valence-corrected chi connectivity index (χ0v) is 12.2. The molecular weight excluding hydrogens is 240 g/mol. The Hall–Kier alpha value is -0.610. The molecule has 2 N–H and O–H groups in total. The average Bonchev–Trinajstić information content (AvgIpc) is 2.48. The zero-order valence-electron chi connectivity index (χ0n) is 12.2. The lowest BCUT2D eigenvalue weighted by atomic mass is 9.76. The normalized spacial score (nSPS) is 32.3. The molecule has 0 aromatic rings. The number of aliphatic hydroxyl groups excluding tert-OH is 1. The fraction of sp³-hybridized carbons (Fsp3) is 0.933. The van der Waals surface area contributed by atoms with Gasteiger partial charge in [-0.15, -0.1) is 0 Å². The highest BCUT2D eigenvalue weighted by Crippen LogP contribution is 2.34. The Labute approximate surface area is 116 Å². The molecule has 4 heteroatoms. The third kappa shape index (κ3) is 3.29. The van der Waals surface area contributed by atoms with Gasteiger partial charge in [-0.2, -0.15) is 0 Å². The largest absolute Gasteiger partial charge is 0.396 e. The summed E-state index contributed by atoms with van der Waals surface area (Å²) in [6, 6.07) is 0.